The van der Waals surface area contributed by atoms with E-state index in [2.05, 4.69) is 10.1 Å². The number of halogens is 1. The van der Waals surface area contributed by atoms with Gasteiger partial charge in [-0.3, -0.25) is 0 Å². The maximum atomic E-state index is 13.6. The lowest BCUT2D eigenvalue weighted by Gasteiger charge is -2.20. The van der Waals surface area contributed by atoms with Crippen molar-refractivity contribution in [2.24, 2.45) is 5.73 Å². The van der Waals surface area contributed by atoms with Crippen LogP contribution in [-0.4, -0.2) is 15.7 Å². The summed E-state index contributed by atoms with van der Waals surface area (Å²) >= 11 is 0. The molecule has 0 aliphatic heterocycles. The van der Waals surface area contributed by atoms with Gasteiger partial charge < -0.3 is 10.3 Å². The van der Waals surface area contributed by atoms with Gasteiger partial charge in [0.2, 0.25) is 11.7 Å². The van der Waals surface area contributed by atoms with Crippen molar-refractivity contribution in [2.75, 3.05) is 0 Å². The molecule has 3 rings (SSSR count). The minimum absolute atomic E-state index is 0.220. The standard InChI is InChI=1S/C15H18FN3O/c1-10-4-5-11(8-12(10)16)14-18-13(20-19-14)9-15(17)6-2-3-7-15/h4-5,8H,2-3,6-7,9,17H2,1H3. The molecule has 1 aromatic heterocycles. The molecule has 1 fully saturated rings. The largest absolute Gasteiger partial charge is 0.339 e. The van der Waals surface area contributed by atoms with Crippen molar-refractivity contribution in [3.63, 3.8) is 0 Å². The Bertz CT molecular complexity index is 617. The fourth-order valence-corrected chi connectivity index (χ4v) is 2.73. The minimum Gasteiger partial charge on any atom is -0.339 e. The highest BCUT2D eigenvalue weighted by atomic mass is 19.1. The van der Waals surface area contributed by atoms with E-state index in [1.807, 2.05) is 0 Å². The van der Waals surface area contributed by atoms with Crippen molar-refractivity contribution in [2.45, 2.75) is 44.6 Å². The summed E-state index contributed by atoms with van der Waals surface area (Å²) in [6, 6.07) is 4.93. The summed E-state index contributed by atoms with van der Waals surface area (Å²) in [7, 11) is 0. The van der Waals surface area contributed by atoms with Crippen LogP contribution in [0.2, 0.25) is 0 Å². The first-order valence-electron chi connectivity index (χ1n) is 6.94. The molecule has 1 aromatic carbocycles. The van der Waals surface area contributed by atoms with Crippen molar-refractivity contribution < 1.29 is 8.91 Å². The Kier molecular flexibility index (Phi) is 3.30. The molecule has 4 nitrogen and oxygen atoms in total. The molecule has 20 heavy (non-hydrogen) atoms. The van der Waals surface area contributed by atoms with E-state index >= 15 is 0 Å². The van der Waals surface area contributed by atoms with Crippen LogP contribution in [0.4, 0.5) is 4.39 Å². The third-order valence-corrected chi connectivity index (χ3v) is 4.00. The van der Waals surface area contributed by atoms with Gasteiger partial charge in [0, 0.05) is 17.5 Å². The molecular weight excluding hydrogens is 257 g/mol. The highest BCUT2D eigenvalue weighted by molar-refractivity contribution is 5.54. The Morgan fingerprint density at radius 1 is 1.35 bits per heavy atom. The monoisotopic (exact) mass is 275 g/mol. The number of aryl methyl sites for hydroxylation is 1. The van der Waals surface area contributed by atoms with Crippen molar-refractivity contribution in [1.82, 2.24) is 10.1 Å². The van der Waals surface area contributed by atoms with Gasteiger partial charge in [-0.1, -0.05) is 30.1 Å². The van der Waals surface area contributed by atoms with Gasteiger partial charge in [0.25, 0.3) is 0 Å². The van der Waals surface area contributed by atoms with Crippen LogP contribution >= 0.6 is 0 Å². The second-order valence-electron chi connectivity index (χ2n) is 5.72. The molecule has 2 N–H and O–H groups in total. The van der Waals surface area contributed by atoms with Crippen LogP contribution in [0, 0.1) is 12.7 Å². The fraction of sp³-hybridized carbons (Fsp3) is 0.467. The average Bonchev–Trinajstić information content (AvgIpc) is 3.03. The van der Waals surface area contributed by atoms with E-state index in [0.29, 0.717) is 29.3 Å². The first-order valence-corrected chi connectivity index (χ1v) is 6.94. The molecule has 0 atom stereocenters. The van der Waals surface area contributed by atoms with Gasteiger partial charge >= 0.3 is 0 Å². The lowest BCUT2D eigenvalue weighted by molar-refractivity contribution is 0.329. The SMILES string of the molecule is Cc1ccc(-c2noc(CC3(N)CCCC3)n2)cc1F. The van der Waals surface area contributed by atoms with Crippen LogP contribution in [-0.2, 0) is 6.42 Å². The molecular formula is C15H18FN3O. The van der Waals surface area contributed by atoms with Gasteiger partial charge in [-0.05, 0) is 31.4 Å². The normalized spacial score (nSPS) is 17.6. The van der Waals surface area contributed by atoms with Crippen LogP contribution in [0.3, 0.4) is 0 Å². The summed E-state index contributed by atoms with van der Waals surface area (Å²) in [5, 5.41) is 3.92. The third kappa shape index (κ3) is 2.58. The van der Waals surface area contributed by atoms with E-state index in [9.17, 15) is 4.39 Å². The van der Waals surface area contributed by atoms with Crippen molar-refractivity contribution in [1.29, 1.82) is 0 Å². The van der Waals surface area contributed by atoms with Crippen molar-refractivity contribution in [3.05, 3.63) is 35.5 Å². The predicted molar refractivity (Wildman–Crippen MR) is 73.5 cm³/mol. The average molecular weight is 275 g/mol. The highest BCUT2D eigenvalue weighted by Crippen LogP contribution is 2.30. The van der Waals surface area contributed by atoms with Crippen molar-refractivity contribution in [3.8, 4) is 11.4 Å². The van der Waals surface area contributed by atoms with Gasteiger partial charge in [-0.25, -0.2) is 4.39 Å². The van der Waals surface area contributed by atoms with Crippen LogP contribution < -0.4 is 5.73 Å². The number of nitrogens with two attached hydrogens (primary N) is 1. The summed E-state index contributed by atoms with van der Waals surface area (Å²) in [6.45, 7) is 1.72. The van der Waals surface area contributed by atoms with E-state index in [4.69, 9.17) is 10.3 Å². The zero-order valence-electron chi connectivity index (χ0n) is 11.5. The highest BCUT2D eigenvalue weighted by Gasteiger charge is 2.31. The maximum Gasteiger partial charge on any atom is 0.228 e. The Labute approximate surface area is 117 Å². The first kappa shape index (κ1) is 13.2. The number of hydrogen-bond donors (Lipinski definition) is 1. The molecule has 1 aliphatic rings. The Morgan fingerprint density at radius 3 is 2.80 bits per heavy atom. The first-order chi connectivity index (χ1) is 9.56. The Morgan fingerprint density at radius 2 is 2.10 bits per heavy atom. The molecule has 2 aromatic rings. The summed E-state index contributed by atoms with van der Waals surface area (Å²) in [5.41, 5.74) is 7.30. The zero-order chi connectivity index (χ0) is 14.2. The van der Waals surface area contributed by atoms with E-state index in [-0.39, 0.29) is 11.4 Å². The topological polar surface area (TPSA) is 64.9 Å². The summed E-state index contributed by atoms with van der Waals surface area (Å²) < 4.78 is 18.8. The lowest BCUT2D eigenvalue weighted by Crippen LogP contribution is -2.38. The van der Waals surface area contributed by atoms with Gasteiger partial charge in [-0.15, -0.1) is 0 Å². The van der Waals surface area contributed by atoms with Crippen molar-refractivity contribution >= 4 is 0 Å². The number of hydrogen-bond acceptors (Lipinski definition) is 4. The maximum absolute atomic E-state index is 13.6. The van der Waals surface area contributed by atoms with Gasteiger partial charge in [0.1, 0.15) is 5.82 Å². The van der Waals surface area contributed by atoms with Crippen LogP contribution in [0.1, 0.15) is 37.1 Å². The zero-order valence-corrected chi connectivity index (χ0v) is 11.5. The Hall–Kier alpha value is -1.75. The van der Waals surface area contributed by atoms with Gasteiger partial charge in [0.15, 0.2) is 0 Å². The van der Waals surface area contributed by atoms with E-state index in [1.165, 1.54) is 6.07 Å². The van der Waals surface area contributed by atoms with E-state index < -0.39 is 0 Å². The fourth-order valence-electron chi connectivity index (χ4n) is 2.73. The predicted octanol–water partition coefficient (Wildman–Crippen LogP) is 3.00. The molecule has 1 aliphatic carbocycles. The molecule has 0 unspecified atom stereocenters. The van der Waals surface area contributed by atoms with Crippen LogP contribution in [0.5, 0.6) is 0 Å². The second-order valence-corrected chi connectivity index (χ2v) is 5.72. The third-order valence-electron chi connectivity index (χ3n) is 4.00. The molecule has 0 radical (unpaired) electrons. The van der Waals surface area contributed by atoms with Gasteiger partial charge in [0.05, 0.1) is 0 Å². The lowest BCUT2D eigenvalue weighted by atomic mass is 9.95. The number of rotatable bonds is 3. The molecule has 1 saturated carbocycles. The smallest absolute Gasteiger partial charge is 0.228 e. The van der Waals surface area contributed by atoms with E-state index in [1.54, 1.807) is 19.1 Å². The number of benzene rings is 1. The molecule has 1 heterocycles. The number of nitrogens with zero attached hydrogens (tertiary/aromatic N) is 2. The summed E-state index contributed by atoms with van der Waals surface area (Å²) in [6.07, 6.45) is 4.88. The van der Waals surface area contributed by atoms with Crippen LogP contribution in [0.25, 0.3) is 11.4 Å². The molecule has 0 spiro atoms. The summed E-state index contributed by atoms with van der Waals surface area (Å²) in [5.74, 6) is 0.686. The molecule has 0 amide bonds. The molecule has 106 valence electrons. The van der Waals surface area contributed by atoms with Gasteiger partial charge in [-0.2, -0.15) is 4.98 Å². The minimum atomic E-state index is -0.264. The summed E-state index contributed by atoms with van der Waals surface area (Å²) in [4.78, 5) is 4.34. The Balaban J connectivity index is 1.81. The molecule has 0 saturated heterocycles. The molecule has 5 heteroatoms. The molecule has 0 bridgehead atoms. The number of aromatic nitrogens is 2. The second kappa shape index (κ2) is 4.98. The van der Waals surface area contributed by atoms with Crippen LogP contribution in [0.15, 0.2) is 22.7 Å². The quantitative estimate of drug-likeness (QED) is 0.935. The van der Waals surface area contributed by atoms with E-state index in [0.717, 1.165) is 25.7 Å².